The molecule has 3 rings (SSSR count). The highest BCUT2D eigenvalue weighted by molar-refractivity contribution is 14.1. The number of nitrogens with zero attached hydrogens (tertiary/aromatic N) is 1. The van der Waals surface area contributed by atoms with Gasteiger partial charge in [-0.25, -0.2) is 0 Å². The van der Waals surface area contributed by atoms with E-state index in [1.807, 2.05) is 13.0 Å². The quantitative estimate of drug-likeness (QED) is 0.602. The Morgan fingerprint density at radius 1 is 1.05 bits per heavy atom. The van der Waals surface area contributed by atoms with Crippen molar-refractivity contribution in [3.05, 3.63) is 63.9 Å². The molecule has 0 spiro atoms. The molecule has 102 valence electrons. The van der Waals surface area contributed by atoms with Gasteiger partial charge in [-0.1, -0.05) is 12.1 Å². The molecule has 0 radical (unpaired) electrons. The van der Waals surface area contributed by atoms with E-state index in [9.17, 15) is 0 Å². The van der Waals surface area contributed by atoms with Gasteiger partial charge < -0.3 is 9.30 Å². The lowest BCUT2D eigenvalue weighted by Gasteiger charge is -2.07. The van der Waals surface area contributed by atoms with E-state index in [-0.39, 0.29) is 0 Å². The van der Waals surface area contributed by atoms with E-state index < -0.39 is 0 Å². The third kappa shape index (κ3) is 2.82. The minimum Gasteiger partial charge on any atom is -0.494 e. The Morgan fingerprint density at radius 2 is 1.85 bits per heavy atom. The van der Waals surface area contributed by atoms with Crippen LogP contribution < -0.4 is 4.74 Å². The molecule has 0 aliphatic rings. The maximum Gasteiger partial charge on any atom is 0.120 e. The highest BCUT2D eigenvalue weighted by Gasteiger charge is 2.03. The Bertz CT molecular complexity index is 715. The summed E-state index contributed by atoms with van der Waals surface area (Å²) >= 11 is 2.33. The van der Waals surface area contributed by atoms with Crippen molar-refractivity contribution in [2.24, 2.45) is 0 Å². The molecule has 1 aromatic heterocycles. The van der Waals surface area contributed by atoms with Crippen molar-refractivity contribution < 1.29 is 4.74 Å². The van der Waals surface area contributed by atoms with Crippen LogP contribution in [0.5, 0.6) is 5.75 Å². The average Bonchev–Trinajstić information content (AvgIpc) is 2.84. The smallest absolute Gasteiger partial charge is 0.120 e. The monoisotopic (exact) mass is 377 g/mol. The lowest BCUT2D eigenvalue weighted by Crippen LogP contribution is -1.98. The maximum absolute atomic E-state index is 5.54. The van der Waals surface area contributed by atoms with Gasteiger partial charge in [-0.05, 0) is 71.5 Å². The van der Waals surface area contributed by atoms with Crippen molar-refractivity contribution in [1.29, 1.82) is 0 Å². The van der Waals surface area contributed by atoms with Gasteiger partial charge in [0.05, 0.1) is 6.61 Å². The van der Waals surface area contributed by atoms with Gasteiger partial charge in [-0.2, -0.15) is 0 Å². The fraction of sp³-hybridized carbons (Fsp3) is 0.176. The first-order chi connectivity index (χ1) is 9.76. The third-order valence-corrected chi connectivity index (χ3v) is 4.04. The van der Waals surface area contributed by atoms with Crippen molar-refractivity contribution in [1.82, 2.24) is 4.57 Å². The van der Waals surface area contributed by atoms with Crippen molar-refractivity contribution in [2.45, 2.75) is 13.5 Å². The summed E-state index contributed by atoms with van der Waals surface area (Å²) in [4.78, 5) is 0. The molecule has 0 aliphatic carbocycles. The van der Waals surface area contributed by atoms with Crippen LogP contribution in [0.25, 0.3) is 10.9 Å². The summed E-state index contributed by atoms with van der Waals surface area (Å²) < 4.78 is 9.08. The van der Waals surface area contributed by atoms with Crippen molar-refractivity contribution in [3.63, 3.8) is 0 Å². The molecule has 0 atom stereocenters. The molecule has 0 saturated carbocycles. The topological polar surface area (TPSA) is 14.2 Å². The second kappa shape index (κ2) is 5.87. The van der Waals surface area contributed by atoms with Crippen molar-refractivity contribution in [3.8, 4) is 5.75 Å². The first-order valence-electron chi connectivity index (χ1n) is 6.72. The second-order valence-electron chi connectivity index (χ2n) is 4.72. The summed E-state index contributed by atoms with van der Waals surface area (Å²) in [5, 5.41) is 1.22. The van der Waals surface area contributed by atoms with Gasteiger partial charge in [0.15, 0.2) is 0 Å². The van der Waals surface area contributed by atoms with Crippen LogP contribution in [-0.2, 0) is 6.54 Å². The third-order valence-electron chi connectivity index (χ3n) is 3.32. The van der Waals surface area contributed by atoms with Crippen LogP contribution in [-0.4, -0.2) is 11.2 Å². The Morgan fingerprint density at radius 3 is 2.60 bits per heavy atom. The minimum atomic E-state index is 0.703. The van der Waals surface area contributed by atoms with Crippen molar-refractivity contribution >= 4 is 33.5 Å². The zero-order chi connectivity index (χ0) is 13.9. The predicted molar refractivity (Wildman–Crippen MR) is 91.4 cm³/mol. The standard InChI is InChI=1S/C17H16INO/c1-2-20-16-7-8-17-14(11-16)9-10-19(17)12-13-3-5-15(18)6-4-13/h3-11H,2,12H2,1H3. The summed E-state index contributed by atoms with van der Waals surface area (Å²) in [7, 11) is 0. The molecule has 3 aromatic rings. The predicted octanol–water partition coefficient (Wildman–Crippen LogP) is 4.69. The fourth-order valence-electron chi connectivity index (χ4n) is 2.36. The minimum absolute atomic E-state index is 0.703. The molecular weight excluding hydrogens is 361 g/mol. The summed E-state index contributed by atoms with van der Waals surface area (Å²) in [5.41, 5.74) is 2.56. The van der Waals surface area contributed by atoms with Gasteiger partial charge in [-0.15, -0.1) is 0 Å². The average molecular weight is 377 g/mol. The lowest BCUT2D eigenvalue weighted by molar-refractivity contribution is 0.340. The first-order valence-corrected chi connectivity index (χ1v) is 7.80. The molecule has 0 bridgehead atoms. The molecule has 0 unspecified atom stereocenters. The fourth-order valence-corrected chi connectivity index (χ4v) is 2.72. The van der Waals surface area contributed by atoms with Crippen LogP contribution in [0.4, 0.5) is 0 Å². The van der Waals surface area contributed by atoms with Gasteiger partial charge >= 0.3 is 0 Å². The molecule has 0 aliphatic heterocycles. The zero-order valence-electron chi connectivity index (χ0n) is 11.3. The van der Waals surface area contributed by atoms with Crippen LogP contribution in [0.3, 0.4) is 0 Å². The molecule has 3 heteroatoms. The van der Waals surface area contributed by atoms with Gasteiger partial charge in [0, 0.05) is 27.2 Å². The highest BCUT2D eigenvalue weighted by Crippen LogP contribution is 2.23. The number of aromatic nitrogens is 1. The highest BCUT2D eigenvalue weighted by atomic mass is 127. The van der Waals surface area contributed by atoms with Gasteiger partial charge in [0.25, 0.3) is 0 Å². The number of rotatable bonds is 4. The summed E-state index contributed by atoms with van der Waals surface area (Å²) in [6, 6.07) is 17.1. The summed E-state index contributed by atoms with van der Waals surface area (Å²) in [6.07, 6.45) is 2.14. The van der Waals surface area contributed by atoms with E-state index in [2.05, 4.69) is 75.8 Å². The van der Waals surface area contributed by atoms with Crippen molar-refractivity contribution in [2.75, 3.05) is 6.61 Å². The van der Waals surface area contributed by atoms with E-state index in [1.54, 1.807) is 0 Å². The van der Waals surface area contributed by atoms with E-state index in [0.29, 0.717) is 6.61 Å². The van der Waals surface area contributed by atoms with Crippen LogP contribution in [0, 0.1) is 3.57 Å². The van der Waals surface area contributed by atoms with Gasteiger partial charge in [-0.3, -0.25) is 0 Å². The molecule has 2 nitrogen and oxygen atoms in total. The number of hydrogen-bond acceptors (Lipinski definition) is 1. The second-order valence-corrected chi connectivity index (χ2v) is 5.97. The Kier molecular flexibility index (Phi) is 3.96. The van der Waals surface area contributed by atoms with Gasteiger partial charge in [0.2, 0.25) is 0 Å². The molecule has 1 heterocycles. The van der Waals surface area contributed by atoms with Crippen LogP contribution in [0.1, 0.15) is 12.5 Å². The number of ether oxygens (including phenoxy) is 1. The Balaban J connectivity index is 1.90. The van der Waals surface area contributed by atoms with E-state index in [1.165, 1.54) is 20.0 Å². The SMILES string of the molecule is CCOc1ccc2c(ccn2Cc2ccc(I)cc2)c1. The molecule has 2 aromatic carbocycles. The zero-order valence-corrected chi connectivity index (χ0v) is 13.5. The summed E-state index contributed by atoms with van der Waals surface area (Å²) in [6.45, 7) is 3.61. The Labute approximate surface area is 132 Å². The maximum atomic E-state index is 5.54. The van der Waals surface area contributed by atoms with Crippen LogP contribution in [0.2, 0.25) is 0 Å². The molecule has 0 N–H and O–H groups in total. The largest absolute Gasteiger partial charge is 0.494 e. The molecule has 20 heavy (non-hydrogen) atoms. The summed E-state index contributed by atoms with van der Waals surface area (Å²) in [5.74, 6) is 0.937. The van der Waals surface area contributed by atoms with E-state index in [4.69, 9.17) is 4.74 Å². The number of benzene rings is 2. The number of fused-ring (bicyclic) bond motifs is 1. The van der Waals surface area contributed by atoms with Crippen LogP contribution in [0.15, 0.2) is 54.7 Å². The van der Waals surface area contributed by atoms with E-state index in [0.717, 1.165) is 12.3 Å². The number of halogens is 1. The van der Waals surface area contributed by atoms with Crippen LogP contribution >= 0.6 is 22.6 Å². The molecule has 0 saturated heterocycles. The normalized spacial score (nSPS) is 10.9. The molecule has 0 fully saturated rings. The molecule has 0 amide bonds. The Hall–Kier alpha value is -1.49. The molecular formula is C17H16INO. The lowest BCUT2D eigenvalue weighted by atomic mass is 10.2. The number of hydrogen-bond donors (Lipinski definition) is 0. The van der Waals surface area contributed by atoms with E-state index >= 15 is 0 Å². The van der Waals surface area contributed by atoms with Gasteiger partial charge in [0.1, 0.15) is 5.75 Å². The first kappa shape index (κ1) is 13.5.